The lowest BCUT2D eigenvalue weighted by atomic mass is 9.86. The Labute approximate surface area is 99.7 Å². The van der Waals surface area contributed by atoms with E-state index in [1.807, 2.05) is 0 Å². The Balaban J connectivity index is 2.05. The molecule has 0 bridgehead atoms. The maximum absolute atomic E-state index is 6.04. The number of nitrogens with zero attached hydrogens (tertiary/aromatic N) is 1. The number of hydrogen-bond donors (Lipinski definition) is 0. The van der Waals surface area contributed by atoms with E-state index in [1.165, 1.54) is 31.4 Å². The van der Waals surface area contributed by atoms with Crippen LogP contribution in [0, 0.1) is 0 Å². The van der Waals surface area contributed by atoms with Crippen LogP contribution in [0.5, 0.6) is 0 Å². The highest BCUT2D eigenvalue weighted by molar-refractivity contribution is 5.16. The average molecular weight is 223 g/mol. The van der Waals surface area contributed by atoms with Gasteiger partial charge in [-0.2, -0.15) is 0 Å². The van der Waals surface area contributed by atoms with Crippen molar-refractivity contribution in [1.29, 1.82) is 0 Å². The second-order valence-electron chi connectivity index (χ2n) is 6.43. The van der Waals surface area contributed by atoms with E-state index in [0.29, 0.717) is 0 Å². The van der Waals surface area contributed by atoms with Crippen molar-refractivity contribution in [3.05, 3.63) is 12.2 Å². The predicted octanol–water partition coefficient (Wildman–Crippen LogP) is 2.99. The quantitative estimate of drug-likeness (QED) is 0.667. The van der Waals surface area contributed by atoms with E-state index in [2.05, 4.69) is 32.3 Å². The molecule has 2 nitrogen and oxygen atoms in total. The van der Waals surface area contributed by atoms with E-state index < -0.39 is 0 Å². The number of fused-ring (bicyclic) bond motifs is 1. The van der Waals surface area contributed by atoms with Crippen LogP contribution in [0.25, 0.3) is 0 Å². The summed E-state index contributed by atoms with van der Waals surface area (Å²) in [6, 6.07) is 0. The van der Waals surface area contributed by atoms with Gasteiger partial charge in [0.1, 0.15) is 0 Å². The standard InChI is InChI=1S/C14H25NO/c1-12-9-14(11-16-13(2,3)4)7-5-6-8-15(14)10-12/h1,5-11H2,2-4H3. The van der Waals surface area contributed by atoms with E-state index >= 15 is 0 Å². The first kappa shape index (κ1) is 12.1. The minimum Gasteiger partial charge on any atom is -0.374 e. The molecule has 0 saturated carbocycles. The van der Waals surface area contributed by atoms with E-state index in [4.69, 9.17) is 4.74 Å². The van der Waals surface area contributed by atoms with Crippen molar-refractivity contribution in [2.45, 2.75) is 57.6 Å². The third-order valence-electron chi connectivity index (χ3n) is 3.76. The molecule has 2 aliphatic heterocycles. The van der Waals surface area contributed by atoms with Crippen LogP contribution in [0.1, 0.15) is 46.5 Å². The van der Waals surface area contributed by atoms with Gasteiger partial charge >= 0.3 is 0 Å². The molecule has 2 saturated heterocycles. The third-order valence-corrected chi connectivity index (χ3v) is 3.76. The van der Waals surface area contributed by atoms with Gasteiger partial charge in [-0.05, 0) is 46.6 Å². The summed E-state index contributed by atoms with van der Waals surface area (Å²) in [5.41, 5.74) is 1.64. The lowest BCUT2D eigenvalue weighted by Crippen LogP contribution is -2.51. The Hall–Kier alpha value is -0.340. The average Bonchev–Trinajstić information content (AvgIpc) is 2.50. The Morgan fingerprint density at radius 3 is 2.81 bits per heavy atom. The minimum absolute atomic E-state index is 0.0260. The highest BCUT2D eigenvalue weighted by Gasteiger charge is 2.44. The van der Waals surface area contributed by atoms with Gasteiger partial charge in [-0.25, -0.2) is 0 Å². The summed E-state index contributed by atoms with van der Waals surface area (Å²) in [5.74, 6) is 0. The van der Waals surface area contributed by atoms with Gasteiger partial charge in [-0.1, -0.05) is 18.6 Å². The molecule has 2 heteroatoms. The van der Waals surface area contributed by atoms with Crippen molar-refractivity contribution in [1.82, 2.24) is 4.90 Å². The fraction of sp³-hybridized carbons (Fsp3) is 0.857. The molecule has 2 aliphatic rings. The van der Waals surface area contributed by atoms with Crippen molar-refractivity contribution in [2.24, 2.45) is 0 Å². The van der Waals surface area contributed by atoms with Gasteiger partial charge in [0, 0.05) is 12.1 Å². The molecule has 1 unspecified atom stereocenters. The first-order chi connectivity index (χ1) is 7.41. The minimum atomic E-state index is -0.0260. The molecule has 16 heavy (non-hydrogen) atoms. The van der Waals surface area contributed by atoms with Gasteiger partial charge in [0.25, 0.3) is 0 Å². The van der Waals surface area contributed by atoms with Crippen LogP contribution in [0.2, 0.25) is 0 Å². The van der Waals surface area contributed by atoms with Crippen LogP contribution >= 0.6 is 0 Å². The Morgan fingerprint density at radius 2 is 2.12 bits per heavy atom. The fourth-order valence-electron chi connectivity index (χ4n) is 2.96. The van der Waals surface area contributed by atoms with Crippen molar-refractivity contribution < 1.29 is 4.74 Å². The third kappa shape index (κ3) is 2.49. The number of piperidine rings is 1. The molecule has 2 fully saturated rings. The molecule has 0 spiro atoms. The SMILES string of the molecule is C=C1CN2CCCCC2(COC(C)(C)C)C1. The fourth-order valence-corrected chi connectivity index (χ4v) is 2.96. The van der Waals surface area contributed by atoms with Crippen LogP contribution in [-0.2, 0) is 4.74 Å². The van der Waals surface area contributed by atoms with Gasteiger partial charge in [0.15, 0.2) is 0 Å². The van der Waals surface area contributed by atoms with Gasteiger partial charge in [-0.3, -0.25) is 4.90 Å². The van der Waals surface area contributed by atoms with Crippen LogP contribution < -0.4 is 0 Å². The molecule has 0 N–H and O–H groups in total. The van der Waals surface area contributed by atoms with Gasteiger partial charge in [0.05, 0.1) is 12.2 Å². The van der Waals surface area contributed by atoms with E-state index in [9.17, 15) is 0 Å². The Kier molecular flexibility index (Phi) is 3.15. The normalized spacial score (nSPS) is 31.8. The lowest BCUT2D eigenvalue weighted by Gasteiger charge is -2.43. The zero-order valence-corrected chi connectivity index (χ0v) is 11.0. The van der Waals surface area contributed by atoms with Crippen LogP contribution in [0.4, 0.5) is 0 Å². The maximum atomic E-state index is 6.04. The number of ether oxygens (including phenoxy) is 1. The summed E-state index contributed by atoms with van der Waals surface area (Å²) < 4.78 is 6.04. The first-order valence-corrected chi connectivity index (χ1v) is 6.47. The largest absolute Gasteiger partial charge is 0.374 e. The molecule has 0 aliphatic carbocycles. The molecule has 1 atom stereocenters. The van der Waals surface area contributed by atoms with E-state index in [-0.39, 0.29) is 11.1 Å². The molecule has 0 aromatic carbocycles. The highest BCUT2D eigenvalue weighted by Crippen LogP contribution is 2.40. The molecule has 0 aromatic heterocycles. The summed E-state index contributed by atoms with van der Waals surface area (Å²) in [6.07, 6.45) is 5.10. The predicted molar refractivity (Wildman–Crippen MR) is 67.6 cm³/mol. The molecule has 92 valence electrons. The zero-order valence-electron chi connectivity index (χ0n) is 11.0. The molecule has 0 radical (unpaired) electrons. The van der Waals surface area contributed by atoms with Crippen molar-refractivity contribution in [2.75, 3.05) is 19.7 Å². The van der Waals surface area contributed by atoms with Crippen molar-refractivity contribution in [3.63, 3.8) is 0 Å². The summed E-state index contributed by atoms with van der Waals surface area (Å²) >= 11 is 0. The molecular formula is C14H25NO. The molecule has 2 heterocycles. The van der Waals surface area contributed by atoms with E-state index in [0.717, 1.165) is 19.6 Å². The Bertz CT molecular complexity index is 279. The highest BCUT2D eigenvalue weighted by atomic mass is 16.5. The molecular weight excluding hydrogens is 198 g/mol. The smallest absolute Gasteiger partial charge is 0.0660 e. The van der Waals surface area contributed by atoms with E-state index in [1.54, 1.807) is 0 Å². The summed E-state index contributed by atoms with van der Waals surface area (Å²) in [6.45, 7) is 13.8. The van der Waals surface area contributed by atoms with Gasteiger partial charge in [0.2, 0.25) is 0 Å². The topological polar surface area (TPSA) is 12.5 Å². The van der Waals surface area contributed by atoms with Gasteiger partial charge < -0.3 is 4.74 Å². The zero-order chi connectivity index (χ0) is 11.8. The van der Waals surface area contributed by atoms with Crippen LogP contribution in [0.3, 0.4) is 0 Å². The Morgan fingerprint density at radius 1 is 1.38 bits per heavy atom. The second-order valence-corrected chi connectivity index (χ2v) is 6.43. The second kappa shape index (κ2) is 4.15. The van der Waals surface area contributed by atoms with Crippen molar-refractivity contribution in [3.8, 4) is 0 Å². The monoisotopic (exact) mass is 223 g/mol. The summed E-state index contributed by atoms with van der Waals surface area (Å²) in [4.78, 5) is 2.60. The molecule has 0 amide bonds. The molecule has 2 rings (SSSR count). The van der Waals surface area contributed by atoms with Crippen molar-refractivity contribution >= 4 is 0 Å². The number of hydrogen-bond acceptors (Lipinski definition) is 2. The van der Waals surface area contributed by atoms with Crippen LogP contribution in [0.15, 0.2) is 12.2 Å². The lowest BCUT2D eigenvalue weighted by molar-refractivity contribution is -0.0725. The summed E-state index contributed by atoms with van der Waals surface area (Å²) in [7, 11) is 0. The van der Waals surface area contributed by atoms with Gasteiger partial charge in [-0.15, -0.1) is 0 Å². The number of rotatable bonds is 2. The first-order valence-electron chi connectivity index (χ1n) is 6.47. The maximum Gasteiger partial charge on any atom is 0.0660 e. The summed E-state index contributed by atoms with van der Waals surface area (Å²) in [5, 5.41) is 0. The van der Waals surface area contributed by atoms with Crippen LogP contribution in [-0.4, -0.2) is 35.7 Å². The molecule has 0 aromatic rings.